The summed E-state index contributed by atoms with van der Waals surface area (Å²) >= 11 is 0. The fraction of sp³-hybridized carbons (Fsp3) is 0.120. The van der Waals surface area contributed by atoms with Crippen LogP contribution in [-0.2, 0) is 0 Å². The van der Waals surface area contributed by atoms with Crippen molar-refractivity contribution in [2.45, 2.75) is 38.0 Å². The molecular weight excluding hydrogens is 615 g/mol. The number of anilines is 3. The summed E-state index contributed by atoms with van der Waals surface area (Å²) < 4.78 is 0. The fourth-order valence-corrected chi connectivity index (χ4v) is 7.99. The standard InChI is InChI=1S/C50H41N/c1-3-9-36(10-4-1)39-21-27-48(28-22-39)51(49-29-23-40(24-30-49)37-11-5-2-6-12-37)50-31-25-41(26-32-50)44-18-16-42-17-20-46(35-47(42)34-44)45-19-15-38-13-7-8-14-43(38)33-45/h1,3-4,7-10,13-35,37H,2,5-6,11-12H2. The minimum absolute atomic E-state index is 0.691. The van der Waals surface area contributed by atoms with Gasteiger partial charge in [0.15, 0.2) is 0 Å². The Morgan fingerprint density at radius 2 is 0.725 bits per heavy atom. The predicted octanol–water partition coefficient (Wildman–Crippen LogP) is 14.5. The molecule has 0 aliphatic heterocycles. The highest BCUT2D eigenvalue weighted by Crippen LogP contribution is 2.39. The van der Waals surface area contributed by atoms with Crippen LogP contribution in [0.5, 0.6) is 0 Å². The first-order valence-corrected chi connectivity index (χ1v) is 18.4. The van der Waals surface area contributed by atoms with Crippen molar-refractivity contribution < 1.29 is 0 Å². The molecule has 0 N–H and O–H groups in total. The smallest absolute Gasteiger partial charge is 0.0462 e. The molecule has 1 heteroatoms. The van der Waals surface area contributed by atoms with Gasteiger partial charge in [-0.1, -0.05) is 147 Å². The van der Waals surface area contributed by atoms with E-state index in [1.807, 2.05) is 0 Å². The highest BCUT2D eigenvalue weighted by Gasteiger charge is 2.18. The van der Waals surface area contributed by atoms with Gasteiger partial charge in [0.05, 0.1) is 0 Å². The van der Waals surface area contributed by atoms with Crippen LogP contribution in [0.25, 0.3) is 54.9 Å². The van der Waals surface area contributed by atoms with Gasteiger partial charge in [-0.25, -0.2) is 0 Å². The van der Waals surface area contributed by atoms with Crippen LogP contribution in [0.3, 0.4) is 0 Å². The topological polar surface area (TPSA) is 3.24 Å². The number of hydrogen-bond donors (Lipinski definition) is 0. The van der Waals surface area contributed by atoms with Crippen LogP contribution in [-0.4, -0.2) is 0 Å². The van der Waals surface area contributed by atoms with Gasteiger partial charge < -0.3 is 4.90 Å². The van der Waals surface area contributed by atoms with Crippen molar-refractivity contribution >= 4 is 38.6 Å². The number of rotatable bonds is 7. The van der Waals surface area contributed by atoms with Crippen LogP contribution in [0.15, 0.2) is 182 Å². The van der Waals surface area contributed by atoms with Crippen molar-refractivity contribution in [2.24, 2.45) is 0 Å². The highest BCUT2D eigenvalue weighted by molar-refractivity contribution is 5.93. The first kappa shape index (κ1) is 31.1. The Bertz CT molecular complexity index is 2420. The Hall–Kier alpha value is -5.92. The van der Waals surface area contributed by atoms with Crippen LogP contribution in [0.2, 0.25) is 0 Å². The lowest BCUT2D eigenvalue weighted by molar-refractivity contribution is 0.443. The van der Waals surface area contributed by atoms with Crippen LogP contribution in [0.4, 0.5) is 17.1 Å². The van der Waals surface area contributed by atoms with E-state index < -0.39 is 0 Å². The molecule has 0 unspecified atom stereocenters. The Morgan fingerprint density at radius 3 is 1.31 bits per heavy atom. The van der Waals surface area contributed by atoms with Crippen LogP contribution in [0.1, 0.15) is 43.6 Å². The van der Waals surface area contributed by atoms with Crippen molar-refractivity contribution in [3.63, 3.8) is 0 Å². The predicted molar refractivity (Wildman–Crippen MR) is 218 cm³/mol. The lowest BCUT2D eigenvalue weighted by Crippen LogP contribution is -2.10. The van der Waals surface area contributed by atoms with E-state index in [-0.39, 0.29) is 0 Å². The second kappa shape index (κ2) is 13.8. The molecule has 0 spiro atoms. The zero-order chi connectivity index (χ0) is 34.0. The third kappa shape index (κ3) is 6.44. The summed E-state index contributed by atoms with van der Waals surface area (Å²) in [5.74, 6) is 0.691. The van der Waals surface area contributed by atoms with E-state index in [4.69, 9.17) is 0 Å². The summed E-state index contributed by atoms with van der Waals surface area (Å²) in [6.07, 6.45) is 6.70. The Kier molecular flexibility index (Phi) is 8.39. The molecule has 0 heterocycles. The van der Waals surface area contributed by atoms with E-state index in [9.17, 15) is 0 Å². The Morgan fingerprint density at radius 1 is 0.314 bits per heavy atom. The maximum Gasteiger partial charge on any atom is 0.0462 e. The molecule has 1 aliphatic carbocycles. The Balaban J connectivity index is 1.04. The van der Waals surface area contributed by atoms with Crippen LogP contribution < -0.4 is 4.90 Å². The molecule has 246 valence electrons. The third-order valence-electron chi connectivity index (χ3n) is 10.8. The van der Waals surface area contributed by atoms with Gasteiger partial charge in [-0.05, 0) is 134 Å². The second-order valence-electron chi connectivity index (χ2n) is 14.1. The maximum absolute atomic E-state index is 2.39. The first-order valence-electron chi connectivity index (χ1n) is 18.4. The van der Waals surface area contributed by atoms with E-state index in [2.05, 4.69) is 187 Å². The number of nitrogens with zero attached hydrogens (tertiary/aromatic N) is 1. The molecule has 0 bridgehead atoms. The van der Waals surface area contributed by atoms with E-state index in [1.165, 1.54) is 98.3 Å². The van der Waals surface area contributed by atoms with Crippen molar-refractivity contribution in [3.05, 3.63) is 188 Å². The molecule has 1 fully saturated rings. The molecule has 0 saturated heterocycles. The average molecular weight is 656 g/mol. The summed E-state index contributed by atoms with van der Waals surface area (Å²) in [7, 11) is 0. The van der Waals surface area contributed by atoms with Gasteiger partial charge in [-0.15, -0.1) is 0 Å². The summed E-state index contributed by atoms with van der Waals surface area (Å²) in [5.41, 5.74) is 12.3. The first-order chi connectivity index (χ1) is 25.2. The molecule has 1 nitrogen and oxygen atoms in total. The summed E-state index contributed by atoms with van der Waals surface area (Å²) in [6, 6.07) is 67.0. The SMILES string of the molecule is c1ccc(-c2ccc(N(c3ccc(-c4ccc5ccc(-c6ccc7ccccc7c6)cc5c4)cc3)c3ccc(C4CCCCC4)cc3)cc2)cc1. The largest absolute Gasteiger partial charge is 0.311 e. The molecule has 0 radical (unpaired) electrons. The number of fused-ring (bicyclic) bond motifs is 2. The molecular formula is C50H41N. The van der Waals surface area contributed by atoms with Crippen molar-refractivity contribution in [1.82, 2.24) is 0 Å². The van der Waals surface area contributed by atoms with Crippen LogP contribution >= 0.6 is 0 Å². The summed E-state index contributed by atoms with van der Waals surface area (Å²) in [5, 5.41) is 5.04. The number of benzene rings is 8. The molecule has 8 aromatic carbocycles. The molecule has 9 rings (SSSR count). The minimum Gasteiger partial charge on any atom is -0.311 e. The normalized spacial score (nSPS) is 13.4. The Labute approximate surface area is 301 Å². The van der Waals surface area contributed by atoms with Gasteiger partial charge in [0.2, 0.25) is 0 Å². The van der Waals surface area contributed by atoms with Gasteiger partial charge in [0, 0.05) is 17.1 Å². The molecule has 51 heavy (non-hydrogen) atoms. The maximum atomic E-state index is 2.39. The summed E-state index contributed by atoms with van der Waals surface area (Å²) in [4.78, 5) is 2.39. The lowest BCUT2D eigenvalue weighted by atomic mass is 9.84. The molecule has 1 saturated carbocycles. The quantitative estimate of drug-likeness (QED) is 0.165. The zero-order valence-electron chi connectivity index (χ0n) is 28.9. The van der Waals surface area contributed by atoms with Crippen molar-refractivity contribution in [1.29, 1.82) is 0 Å². The van der Waals surface area contributed by atoms with Gasteiger partial charge in [0.1, 0.15) is 0 Å². The highest BCUT2D eigenvalue weighted by atomic mass is 15.1. The van der Waals surface area contributed by atoms with Gasteiger partial charge in [0.25, 0.3) is 0 Å². The molecule has 0 amide bonds. The number of hydrogen-bond acceptors (Lipinski definition) is 1. The monoisotopic (exact) mass is 655 g/mol. The molecule has 1 aliphatic rings. The van der Waals surface area contributed by atoms with Crippen molar-refractivity contribution in [2.75, 3.05) is 4.90 Å². The van der Waals surface area contributed by atoms with E-state index in [0.29, 0.717) is 5.92 Å². The lowest BCUT2D eigenvalue weighted by Gasteiger charge is -2.27. The van der Waals surface area contributed by atoms with Crippen LogP contribution in [0, 0.1) is 0 Å². The van der Waals surface area contributed by atoms with E-state index in [1.54, 1.807) is 0 Å². The van der Waals surface area contributed by atoms with Crippen molar-refractivity contribution in [3.8, 4) is 33.4 Å². The van der Waals surface area contributed by atoms with E-state index >= 15 is 0 Å². The average Bonchev–Trinajstić information content (AvgIpc) is 3.22. The molecule has 8 aromatic rings. The zero-order valence-corrected chi connectivity index (χ0v) is 28.9. The van der Waals surface area contributed by atoms with Gasteiger partial charge in [-0.2, -0.15) is 0 Å². The van der Waals surface area contributed by atoms with Gasteiger partial charge in [-0.3, -0.25) is 0 Å². The molecule has 0 aromatic heterocycles. The minimum atomic E-state index is 0.691. The second-order valence-corrected chi connectivity index (χ2v) is 14.1. The summed E-state index contributed by atoms with van der Waals surface area (Å²) in [6.45, 7) is 0. The molecule has 0 atom stereocenters. The fourth-order valence-electron chi connectivity index (χ4n) is 7.99. The van der Waals surface area contributed by atoms with E-state index in [0.717, 1.165) is 11.4 Å². The third-order valence-corrected chi connectivity index (χ3v) is 10.8. The van der Waals surface area contributed by atoms with Gasteiger partial charge >= 0.3 is 0 Å².